The summed E-state index contributed by atoms with van der Waals surface area (Å²) >= 11 is 1.64. The van der Waals surface area contributed by atoms with E-state index in [-0.39, 0.29) is 5.91 Å². The Bertz CT molecular complexity index is 975. The van der Waals surface area contributed by atoms with Crippen molar-refractivity contribution >= 4 is 33.0 Å². The summed E-state index contributed by atoms with van der Waals surface area (Å²) in [6.07, 6.45) is 2.04. The molecule has 3 N–H and O–H groups in total. The van der Waals surface area contributed by atoms with Crippen LogP contribution in [0, 0.1) is 6.92 Å². The minimum atomic E-state index is 0.0722. The third-order valence-electron chi connectivity index (χ3n) is 4.93. The molecule has 1 fully saturated rings. The Labute approximate surface area is 156 Å². The molecule has 0 unspecified atom stereocenters. The summed E-state index contributed by atoms with van der Waals surface area (Å²) in [5.74, 6) is 0.931. The molecule has 136 valence electrons. The Kier molecular flexibility index (Phi) is 4.34. The molecule has 6 nitrogen and oxygen atoms in total. The number of hydrogen-bond acceptors (Lipinski definition) is 5. The van der Waals surface area contributed by atoms with Gasteiger partial charge in [-0.2, -0.15) is 0 Å². The van der Waals surface area contributed by atoms with E-state index in [1.165, 1.54) is 0 Å². The molecule has 7 heteroatoms. The Balaban J connectivity index is 1.80. The van der Waals surface area contributed by atoms with Crippen LogP contribution in [0.3, 0.4) is 0 Å². The molecule has 1 aliphatic rings. The van der Waals surface area contributed by atoms with Crippen LogP contribution in [-0.2, 0) is 11.5 Å². The highest BCUT2D eigenvalue weighted by Crippen LogP contribution is 2.45. The van der Waals surface area contributed by atoms with Crippen LogP contribution in [-0.4, -0.2) is 42.1 Å². The van der Waals surface area contributed by atoms with Gasteiger partial charge in [0, 0.05) is 35.9 Å². The summed E-state index contributed by atoms with van der Waals surface area (Å²) < 4.78 is 9.02. The predicted molar refractivity (Wildman–Crippen MR) is 106 cm³/mol. The van der Waals surface area contributed by atoms with Crippen LogP contribution >= 0.6 is 11.3 Å². The zero-order valence-electron chi connectivity index (χ0n) is 14.9. The molecule has 1 aliphatic heterocycles. The van der Waals surface area contributed by atoms with Crippen molar-refractivity contribution in [3.63, 3.8) is 0 Å². The number of fused-ring (bicyclic) bond motifs is 1. The number of methoxy groups -OCH3 is 1. The van der Waals surface area contributed by atoms with Gasteiger partial charge in [-0.15, -0.1) is 11.3 Å². The standard InChI is InChI=1S/C19H22N4O2S/c1-12-16(18(25-2)19-13(17(12)20)5-9-26-19)14-4-3-7-23(14)11-22-8-6-21-15(24)10-22/h3-5,7,9H,6,8,10-11,20H2,1-2H3,(H,21,24). The van der Waals surface area contributed by atoms with Crippen LogP contribution in [0.15, 0.2) is 29.8 Å². The van der Waals surface area contributed by atoms with Crippen LogP contribution in [0.25, 0.3) is 21.3 Å². The lowest BCUT2D eigenvalue weighted by Crippen LogP contribution is -2.47. The lowest BCUT2D eigenvalue weighted by atomic mass is 10.00. The summed E-state index contributed by atoms with van der Waals surface area (Å²) in [7, 11) is 1.70. The first kappa shape index (κ1) is 16.9. The van der Waals surface area contributed by atoms with E-state index < -0.39 is 0 Å². The van der Waals surface area contributed by atoms with Crippen molar-refractivity contribution in [2.75, 3.05) is 32.5 Å². The van der Waals surface area contributed by atoms with Gasteiger partial charge in [-0.1, -0.05) is 0 Å². The third-order valence-corrected chi connectivity index (χ3v) is 5.84. The zero-order valence-corrected chi connectivity index (χ0v) is 15.7. The lowest BCUT2D eigenvalue weighted by molar-refractivity contribution is -0.124. The van der Waals surface area contributed by atoms with E-state index in [4.69, 9.17) is 10.5 Å². The zero-order chi connectivity index (χ0) is 18.3. The number of nitrogen functional groups attached to an aromatic ring is 1. The number of hydrogen-bond donors (Lipinski definition) is 2. The van der Waals surface area contributed by atoms with Gasteiger partial charge < -0.3 is 20.4 Å². The van der Waals surface area contributed by atoms with Gasteiger partial charge in [0.2, 0.25) is 5.91 Å². The average molecular weight is 370 g/mol. The highest BCUT2D eigenvalue weighted by Gasteiger charge is 2.22. The van der Waals surface area contributed by atoms with Crippen molar-refractivity contribution in [1.82, 2.24) is 14.8 Å². The summed E-state index contributed by atoms with van der Waals surface area (Å²) in [6.45, 7) is 4.63. The molecule has 26 heavy (non-hydrogen) atoms. The number of nitrogens with one attached hydrogen (secondary N) is 1. The minimum Gasteiger partial charge on any atom is -0.495 e. The number of amides is 1. The molecule has 0 aliphatic carbocycles. The molecule has 3 aromatic rings. The minimum absolute atomic E-state index is 0.0722. The summed E-state index contributed by atoms with van der Waals surface area (Å²) in [4.78, 5) is 13.8. The van der Waals surface area contributed by atoms with Gasteiger partial charge in [-0.25, -0.2) is 0 Å². The first-order valence-corrected chi connectivity index (χ1v) is 9.46. The van der Waals surface area contributed by atoms with E-state index in [1.54, 1.807) is 18.4 Å². The summed E-state index contributed by atoms with van der Waals surface area (Å²) in [5, 5.41) is 5.95. The molecule has 3 heterocycles. The smallest absolute Gasteiger partial charge is 0.234 e. The van der Waals surface area contributed by atoms with Crippen molar-refractivity contribution in [2.45, 2.75) is 13.6 Å². The molecular weight excluding hydrogens is 348 g/mol. The lowest BCUT2D eigenvalue weighted by Gasteiger charge is -2.28. The number of anilines is 1. The molecule has 2 aromatic heterocycles. The summed E-state index contributed by atoms with van der Waals surface area (Å²) in [5.41, 5.74) is 10.3. The van der Waals surface area contributed by atoms with E-state index in [0.717, 1.165) is 44.9 Å². The second kappa shape index (κ2) is 6.66. The molecule has 4 rings (SSSR count). The fraction of sp³-hybridized carbons (Fsp3) is 0.316. The Hall–Kier alpha value is -2.51. The van der Waals surface area contributed by atoms with Gasteiger partial charge in [0.1, 0.15) is 5.75 Å². The first-order valence-electron chi connectivity index (χ1n) is 8.58. The monoisotopic (exact) mass is 370 g/mol. The van der Waals surface area contributed by atoms with Gasteiger partial charge >= 0.3 is 0 Å². The molecule has 1 saturated heterocycles. The number of ether oxygens (including phenoxy) is 1. The number of benzene rings is 1. The maximum atomic E-state index is 11.7. The van der Waals surface area contributed by atoms with Gasteiger partial charge in [-0.05, 0) is 36.1 Å². The molecule has 0 saturated carbocycles. The number of piperazine rings is 1. The van der Waals surface area contributed by atoms with Gasteiger partial charge in [-0.3, -0.25) is 9.69 Å². The largest absolute Gasteiger partial charge is 0.495 e. The van der Waals surface area contributed by atoms with Crippen LogP contribution in [0.5, 0.6) is 5.75 Å². The maximum Gasteiger partial charge on any atom is 0.234 e. The van der Waals surface area contributed by atoms with Crippen LogP contribution in [0.2, 0.25) is 0 Å². The van der Waals surface area contributed by atoms with Crippen molar-refractivity contribution in [2.24, 2.45) is 0 Å². The average Bonchev–Trinajstić information content (AvgIpc) is 3.27. The normalized spacial score (nSPS) is 15.4. The first-order chi connectivity index (χ1) is 12.6. The number of nitrogens with zero attached hydrogens (tertiary/aromatic N) is 2. The topological polar surface area (TPSA) is 72.5 Å². The fourth-order valence-corrected chi connectivity index (χ4v) is 4.55. The molecule has 0 atom stereocenters. The molecular formula is C19H22N4O2S. The van der Waals surface area contributed by atoms with E-state index in [2.05, 4.69) is 20.9 Å². The van der Waals surface area contributed by atoms with E-state index >= 15 is 0 Å². The predicted octanol–water partition coefficient (Wildman–Crippen LogP) is 2.66. The van der Waals surface area contributed by atoms with E-state index in [1.807, 2.05) is 30.6 Å². The number of thiophene rings is 1. The van der Waals surface area contributed by atoms with Crippen molar-refractivity contribution < 1.29 is 9.53 Å². The Morgan fingerprint density at radius 1 is 1.38 bits per heavy atom. The number of carbonyl (C=O) groups excluding carboxylic acids is 1. The summed E-state index contributed by atoms with van der Waals surface area (Å²) in [6, 6.07) is 6.14. The molecule has 0 spiro atoms. The van der Waals surface area contributed by atoms with Gasteiger partial charge in [0.25, 0.3) is 0 Å². The van der Waals surface area contributed by atoms with Crippen molar-refractivity contribution in [3.05, 3.63) is 35.3 Å². The number of carbonyl (C=O) groups is 1. The van der Waals surface area contributed by atoms with Crippen LogP contribution in [0.1, 0.15) is 5.56 Å². The Morgan fingerprint density at radius 3 is 3.00 bits per heavy atom. The molecule has 0 bridgehead atoms. The molecule has 1 aromatic carbocycles. The van der Waals surface area contributed by atoms with Gasteiger partial charge in [0.05, 0.1) is 30.7 Å². The second-order valence-corrected chi connectivity index (χ2v) is 7.43. The highest BCUT2D eigenvalue weighted by atomic mass is 32.1. The number of aromatic nitrogens is 1. The Morgan fingerprint density at radius 2 is 2.23 bits per heavy atom. The SMILES string of the molecule is COc1c(-c2cccn2CN2CCNC(=O)C2)c(C)c(N)c2ccsc12. The van der Waals surface area contributed by atoms with E-state index in [9.17, 15) is 4.79 Å². The second-order valence-electron chi connectivity index (χ2n) is 6.52. The number of nitrogens with two attached hydrogens (primary N) is 1. The third kappa shape index (κ3) is 2.73. The highest BCUT2D eigenvalue weighted by molar-refractivity contribution is 7.17. The van der Waals surface area contributed by atoms with E-state index in [0.29, 0.717) is 19.8 Å². The maximum absolute atomic E-state index is 11.7. The van der Waals surface area contributed by atoms with Gasteiger partial charge in [0.15, 0.2) is 0 Å². The van der Waals surface area contributed by atoms with Crippen LogP contribution in [0.4, 0.5) is 5.69 Å². The molecule has 0 radical (unpaired) electrons. The molecule has 1 amide bonds. The number of rotatable bonds is 4. The fourth-order valence-electron chi connectivity index (χ4n) is 3.61. The van der Waals surface area contributed by atoms with Crippen LogP contribution < -0.4 is 15.8 Å². The van der Waals surface area contributed by atoms with Crippen molar-refractivity contribution in [1.29, 1.82) is 0 Å². The van der Waals surface area contributed by atoms with Crippen molar-refractivity contribution in [3.8, 4) is 17.0 Å². The quantitative estimate of drug-likeness (QED) is 0.693.